The largest absolute Gasteiger partial charge is 0.490 e. The Morgan fingerprint density at radius 3 is 2.26 bits per heavy atom. The maximum Gasteiger partial charge on any atom is 0.417 e. The van der Waals surface area contributed by atoms with Crippen LogP contribution in [-0.4, -0.2) is 26.6 Å². The molecule has 0 atom stereocenters. The fourth-order valence-electron chi connectivity index (χ4n) is 2.01. The molecule has 0 fully saturated rings. The van der Waals surface area contributed by atoms with Crippen LogP contribution in [0.4, 0.5) is 19.0 Å². The number of sulfonamides is 1. The third-order valence-electron chi connectivity index (χ3n) is 3.23. The topological polar surface area (TPSA) is 89.6 Å². The standard InChI is InChI=1S/C16H18F3N3O4S/c1-3-25-13-7-6-12(9-14(13)26-4-2)27(23,24)22-21-15-8-5-11(10-20-15)16(17,18)19/h5-10,22H,3-4H2,1-2H3,(H,20,21). The molecule has 11 heteroatoms. The number of rotatable bonds is 8. The summed E-state index contributed by atoms with van der Waals surface area (Å²) in [7, 11) is -4.03. The normalized spacial score (nSPS) is 11.9. The molecule has 1 aromatic carbocycles. The molecule has 0 amide bonds. The Hall–Kier alpha value is -2.53. The lowest BCUT2D eigenvalue weighted by Crippen LogP contribution is -2.30. The summed E-state index contributed by atoms with van der Waals surface area (Å²) in [6.45, 7) is 4.21. The van der Waals surface area contributed by atoms with Gasteiger partial charge in [-0.05, 0) is 38.1 Å². The number of anilines is 1. The minimum atomic E-state index is -4.52. The smallest absolute Gasteiger partial charge is 0.417 e. The molecule has 0 aliphatic carbocycles. The molecule has 0 saturated heterocycles. The minimum Gasteiger partial charge on any atom is -0.490 e. The number of halogens is 3. The van der Waals surface area contributed by atoms with Crippen molar-refractivity contribution in [2.24, 2.45) is 0 Å². The predicted octanol–water partition coefficient (Wildman–Crippen LogP) is 3.20. The first kappa shape index (κ1) is 20.8. The SMILES string of the molecule is CCOc1ccc(S(=O)(=O)NNc2ccc(C(F)(F)F)cn2)cc1OCC. The molecule has 2 N–H and O–H groups in total. The summed E-state index contributed by atoms with van der Waals surface area (Å²) in [4.78, 5) is 5.46. The van der Waals surface area contributed by atoms with Crippen molar-refractivity contribution in [3.63, 3.8) is 0 Å². The molecule has 0 bridgehead atoms. The number of aromatic nitrogens is 1. The van der Waals surface area contributed by atoms with Gasteiger partial charge in [0.1, 0.15) is 5.82 Å². The average molecular weight is 405 g/mol. The Kier molecular flexibility index (Phi) is 6.50. The van der Waals surface area contributed by atoms with Gasteiger partial charge >= 0.3 is 6.18 Å². The second-order valence-corrected chi connectivity index (χ2v) is 6.82. The molecule has 0 radical (unpaired) electrons. The monoisotopic (exact) mass is 405 g/mol. The van der Waals surface area contributed by atoms with Gasteiger partial charge in [-0.25, -0.2) is 13.4 Å². The summed E-state index contributed by atoms with van der Waals surface area (Å²) in [5.74, 6) is 0.563. The van der Waals surface area contributed by atoms with Crippen LogP contribution in [0.1, 0.15) is 19.4 Å². The maximum absolute atomic E-state index is 12.5. The number of nitrogens with one attached hydrogen (secondary N) is 2. The molecule has 27 heavy (non-hydrogen) atoms. The van der Waals surface area contributed by atoms with Crippen LogP contribution >= 0.6 is 0 Å². The molecule has 148 valence electrons. The number of alkyl halides is 3. The first-order valence-corrected chi connectivity index (χ1v) is 9.36. The van der Waals surface area contributed by atoms with E-state index in [1.54, 1.807) is 13.8 Å². The van der Waals surface area contributed by atoms with Gasteiger partial charge in [-0.15, -0.1) is 4.83 Å². The summed E-state index contributed by atoms with van der Waals surface area (Å²) < 4.78 is 73.0. The Balaban J connectivity index is 2.15. The minimum absolute atomic E-state index is 0.0949. The van der Waals surface area contributed by atoms with Crippen molar-refractivity contribution in [1.29, 1.82) is 0 Å². The molecule has 0 spiro atoms. The second-order valence-electron chi connectivity index (χ2n) is 5.13. The van der Waals surface area contributed by atoms with Gasteiger partial charge in [0.2, 0.25) is 0 Å². The van der Waals surface area contributed by atoms with Crippen molar-refractivity contribution in [2.45, 2.75) is 24.9 Å². The van der Waals surface area contributed by atoms with Crippen molar-refractivity contribution in [2.75, 3.05) is 18.6 Å². The van der Waals surface area contributed by atoms with Crippen LogP contribution in [-0.2, 0) is 16.2 Å². The highest BCUT2D eigenvalue weighted by atomic mass is 32.2. The van der Waals surface area contributed by atoms with E-state index in [1.807, 2.05) is 0 Å². The molecule has 1 aromatic heterocycles. The van der Waals surface area contributed by atoms with E-state index >= 15 is 0 Å². The van der Waals surface area contributed by atoms with E-state index in [0.717, 1.165) is 12.1 Å². The zero-order valence-corrected chi connectivity index (χ0v) is 15.3. The fraction of sp³-hybridized carbons (Fsp3) is 0.312. The quantitative estimate of drug-likeness (QED) is 0.656. The van der Waals surface area contributed by atoms with Gasteiger partial charge in [0.05, 0.1) is 23.7 Å². The molecular weight excluding hydrogens is 387 g/mol. The molecule has 2 aromatic rings. The molecule has 0 unspecified atom stereocenters. The van der Waals surface area contributed by atoms with E-state index in [-0.39, 0.29) is 16.5 Å². The number of pyridine rings is 1. The molecule has 0 aliphatic heterocycles. The van der Waals surface area contributed by atoms with Gasteiger partial charge in [0, 0.05) is 12.3 Å². The summed E-state index contributed by atoms with van der Waals surface area (Å²) >= 11 is 0. The van der Waals surface area contributed by atoms with Crippen molar-refractivity contribution in [3.8, 4) is 11.5 Å². The van der Waals surface area contributed by atoms with E-state index in [9.17, 15) is 21.6 Å². The Morgan fingerprint density at radius 2 is 1.70 bits per heavy atom. The molecule has 1 heterocycles. The van der Waals surface area contributed by atoms with E-state index in [1.165, 1.54) is 18.2 Å². The predicted molar refractivity (Wildman–Crippen MR) is 92.0 cm³/mol. The number of hydrazine groups is 1. The average Bonchev–Trinajstić information content (AvgIpc) is 2.61. The van der Waals surface area contributed by atoms with Crippen LogP contribution in [0.2, 0.25) is 0 Å². The summed E-state index contributed by atoms with van der Waals surface area (Å²) in [5.41, 5.74) is 1.32. The number of nitrogens with zero attached hydrogens (tertiary/aromatic N) is 1. The first-order valence-electron chi connectivity index (χ1n) is 7.88. The van der Waals surface area contributed by atoms with Crippen molar-refractivity contribution in [1.82, 2.24) is 9.82 Å². The maximum atomic E-state index is 12.5. The van der Waals surface area contributed by atoms with Crippen molar-refractivity contribution in [3.05, 3.63) is 42.1 Å². The lowest BCUT2D eigenvalue weighted by Gasteiger charge is -2.14. The van der Waals surface area contributed by atoms with Crippen LogP contribution in [0.3, 0.4) is 0 Å². The van der Waals surface area contributed by atoms with Gasteiger partial charge < -0.3 is 9.47 Å². The van der Waals surface area contributed by atoms with Crippen LogP contribution in [0.5, 0.6) is 11.5 Å². The van der Waals surface area contributed by atoms with Crippen LogP contribution in [0.25, 0.3) is 0 Å². The lowest BCUT2D eigenvalue weighted by molar-refractivity contribution is -0.137. The van der Waals surface area contributed by atoms with E-state index in [2.05, 4.69) is 15.2 Å². The van der Waals surface area contributed by atoms with Gasteiger partial charge in [-0.1, -0.05) is 0 Å². The third-order valence-corrected chi connectivity index (χ3v) is 4.47. The highest BCUT2D eigenvalue weighted by Crippen LogP contribution is 2.30. The molecule has 0 saturated carbocycles. The van der Waals surface area contributed by atoms with Crippen LogP contribution in [0, 0.1) is 0 Å². The van der Waals surface area contributed by atoms with E-state index in [4.69, 9.17) is 9.47 Å². The zero-order valence-electron chi connectivity index (χ0n) is 14.5. The second kappa shape index (κ2) is 8.44. The van der Waals surface area contributed by atoms with Gasteiger partial charge in [-0.3, -0.25) is 5.43 Å². The van der Waals surface area contributed by atoms with Crippen LogP contribution < -0.4 is 19.7 Å². The summed E-state index contributed by atoms with van der Waals surface area (Å²) in [6.07, 6.45) is -3.93. The van der Waals surface area contributed by atoms with Crippen molar-refractivity contribution >= 4 is 15.8 Å². The molecular formula is C16H18F3N3O4S. The number of hydrogen-bond acceptors (Lipinski definition) is 6. The number of hydrogen-bond donors (Lipinski definition) is 2. The fourth-order valence-corrected chi connectivity index (χ4v) is 2.88. The Labute approximate surface area is 154 Å². The van der Waals surface area contributed by atoms with Gasteiger partial charge in [0.15, 0.2) is 11.5 Å². The Bertz CT molecular complexity index is 871. The zero-order chi connectivity index (χ0) is 20.1. The highest BCUT2D eigenvalue weighted by molar-refractivity contribution is 7.89. The molecule has 2 rings (SSSR count). The van der Waals surface area contributed by atoms with Gasteiger partial charge in [0.25, 0.3) is 10.0 Å². The third kappa shape index (κ3) is 5.47. The van der Waals surface area contributed by atoms with E-state index in [0.29, 0.717) is 25.2 Å². The molecule has 0 aliphatic rings. The molecule has 7 nitrogen and oxygen atoms in total. The number of benzene rings is 1. The van der Waals surface area contributed by atoms with E-state index < -0.39 is 21.8 Å². The Morgan fingerprint density at radius 1 is 1.04 bits per heavy atom. The van der Waals surface area contributed by atoms with Crippen LogP contribution in [0.15, 0.2) is 41.4 Å². The van der Waals surface area contributed by atoms with Crippen molar-refractivity contribution < 1.29 is 31.1 Å². The highest BCUT2D eigenvalue weighted by Gasteiger charge is 2.30. The summed E-state index contributed by atoms with van der Waals surface area (Å²) in [6, 6.07) is 5.86. The first-order chi connectivity index (χ1) is 12.7. The lowest BCUT2D eigenvalue weighted by atomic mass is 10.3. The summed E-state index contributed by atoms with van der Waals surface area (Å²) in [5, 5.41) is 0. The van der Waals surface area contributed by atoms with Gasteiger partial charge in [-0.2, -0.15) is 13.2 Å². The number of ether oxygens (including phenoxy) is 2.